The summed E-state index contributed by atoms with van der Waals surface area (Å²) in [6, 6.07) is 9.45. The number of amides is 1. The Morgan fingerprint density at radius 1 is 1.27 bits per heavy atom. The van der Waals surface area contributed by atoms with Gasteiger partial charge in [-0.25, -0.2) is 4.39 Å². The highest BCUT2D eigenvalue weighted by Crippen LogP contribution is 2.30. The molecule has 6 nitrogen and oxygen atoms in total. The molecule has 0 spiro atoms. The molecular weight excluding hydrogens is 363 g/mol. The second kappa shape index (κ2) is 8.62. The van der Waals surface area contributed by atoms with Crippen molar-refractivity contribution in [3.63, 3.8) is 0 Å². The minimum absolute atomic E-state index is 0.0440. The molecule has 138 valence electrons. The van der Waals surface area contributed by atoms with Crippen molar-refractivity contribution in [3.05, 3.63) is 69.0 Å². The van der Waals surface area contributed by atoms with Crippen molar-refractivity contribution < 1.29 is 18.8 Å². The van der Waals surface area contributed by atoms with Gasteiger partial charge in [0, 0.05) is 11.1 Å². The van der Waals surface area contributed by atoms with Crippen molar-refractivity contribution in [1.82, 2.24) is 5.32 Å². The maximum atomic E-state index is 13.1. The van der Waals surface area contributed by atoms with Crippen LogP contribution in [0.25, 0.3) is 0 Å². The van der Waals surface area contributed by atoms with Gasteiger partial charge in [0.25, 0.3) is 5.91 Å². The molecule has 0 aromatic heterocycles. The molecule has 0 bridgehead atoms. The van der Waals surface area contributed by atoms with E-state index in [1.54, 1.807) is 12.1 Å². The summed E-state index contributed by atoms with van der Waals surface area (Å²) in [7, 11) is 0. The molecule has 0 radical (unpaired) electrons. The largest absolute Gasteiger partial charge is 0.477 e. The van der Waals surface area contributed by atoms with Crippen LogP contribution < -0.4 is 10.1 Å². The van der Waals surface area contributed by atoms with Crippen LogP contribution in [0.5, 0.6) is 5.75 Å². The van der Waals surface area contributed by atoms with Crippen LogP contribution in [0.1, 0.15) is 25.5 Å². The molecule has 1 amide bonds. The molecule has 0 saturated heterocycles. The first-order valence-corrected chi connectivity index (χ1v) is 8.27. The molecule has 0 aliphatic rings. The van der Waals surface area contributed by atoms with E-state index in [9.17, 15) is 19.3 Å². The Morgan fingerprint density at radius 3 is 2.50 bits per heavy atom. The molecular formula is C18H18ClFN2O4. The molecule has 1 N–H and O–H groups in total. The molecule has 1 unspecified atom stereocenters. The first kappa shape index (κ1) is 19.7. The van der Waals surface area contributed by atoms with E-state index in [0.717, 1.165) is 11.6 Å². The summed E-state index contributed by atoms with van der Waals surface area (Å²) in [6.07, 6.45) is 0. The smallest absolute Gasteiger partial charge is 0.312 e. The van der Waals surface area contributed by atoms with Crippen LogP contribution in [-0.2, 0) is 4.79 Å². The Morgan fingerprint density at radius 2 is 1.92 bits per heavy atom. The zero-order valence-electron chi connectivity index (χ0n) is 14.2. The van der Waals surface area contributed by atoms with E-state index < -0.39 is 17.4 Å². The van der Waals surface area contributed by atoms with Gasteiger partial charge in [0.15, 0.2) is 12.4 Å². The SMILES string of the molecule is CC(C)C(NC(=O)COc1ccc(Cl)cc1[N+](=O)[O-])c1ccc(F)cc1. The molecule has 0 heterocycles. The summed E-state index contributed by atoms with van der Waals surface area (Å²) < 4.78 is 18.4. The number of hydrogen-bond donors (Lipinski definition) is 1. The maximum Gasteiger partial charge on any atom is 0.312 e. The Kier molecular flexibility index (Phi) is 6.52. The second-order valence-corrected chi connectivity index (χ2v) is 6.44. The highest BCUT2D eigenvalue weighted by atomic mass is 35.5. The standard InChI is InChI=1S/C18H18ClFN2O4/c1-11(2)18(12-3-6-14(20)7-4-12)21-17(23)10-26-16-8-5-13(19)9-15(16)22(24)25/h3-9,11,18H,10H2,1-2H3,(H,21,23). The van der Waals surface area contributed by atoms with E-state index in [2.05, 4.69) is 5.32 Å². The second-order valence-electron chi connectivity index (χ2n) is 6.00. The molecule has 2 aromatic rings. The van der Waals surface area contributed by atoms with E-state index in [-0.39, 0.29) is 34.2 Å². The first-order chi connectivity index (χ1) is 12.3. The predicted molar refractivity (Wildman–Crippen MR) is 95.7 cm³/mol. The zero-order chi connectivity index (χ0) is 19.3. The maximum absolute atomic E-state index is 13.1. The van der Waals surface area contributed by atoms with Crippen molar-refractivity contribution >= 4 is 23.2 Å². The number of halogens is 2. The van der Waals surface area contributed by atoms with Crippen molar-refractivity contribution in [2.45, 2.75) is 19.9 Å². The Bertz CT molecular complexity index is 796. The summed E-state index contributed by atoms with van der Waals surface area (Å²) in [5.74, 6) is -0.801. The van der Waals surface area contributed by atoms with Gasteiger partial charge >= 0.3 is 5.69 Å². The first-order valence-electron chi connectivity index (χ1n) is 7.89. The highest BCUT2D eigenvalue weighted by Gasteiger charge is 2.20. The van der Waals surface area contributed by atoms with E-state index in [1.165, 1.54) is 24.3 Å². The van der Waals surface area contributed by atoms with Crippen LogP contribution in [0.3, 0.4) is 0 Å². The number of carbonyl (C=O) groups is 1. The lowest BCUT2D eigenvalue weighted by Gasteiger charge is -2.23. The lowest BCUT2D eigenvalue weighted by atomic mass is 9.96. The fourth-order valence-corrected chi connectivity index (χ4v) is 2.59. The number of benzene rings is 2. The monoisotopic (exact) mass is 380 g/mol. The Hall–Kier alpha value is -2.67. The van der Waals surface area contributed by atoms with Gasteiger partial charge in [-0.15, -0.1) is 0 Å². The average Bonchev–Trinajstić information content (AvgIpc) is 2.59. The molecule has 2 rings (SSSR count). The van der Waals surface area contributed by atoms with Crippen LogP contribution >= 0.6 is 11.6 Å². The summed E-state index contributed by atoms with van der Waals surface area (Å²) in [4.78, 5) is 22.6. The number of ether oxygens (including phenoxy) is 1. The number of nitrogens with zero attached hydrogens (tertiary/aromatic N) is 1. The number of nitrogens with one attached hydrogen (secondary N) is 1. The zero-order valence-corrected chi connectivity index (χ0v) is 15.0. The minimum Gasteiger partial charge on any atom is -0.477 e. The summed E-state index contributed by atoms with van der Waals surface area (Å²) >= 11 is 5.74. The predicted octanol–water partition coefficient (Wildman–Crippen LogP) is 4.28. The van der Waals surface area contributed by atoms with Gasteiger partial charge in [-0.05, 0) is 35.7 Å². The van der Waals surface area contributed by atoms with Crippen molar-refractivity contribution in [2.75, 3.05) is 6.61 Å². The van der Waals surface area contributed by atoms with Crippen LogP contribution in [-0.4, -0.2) is 17.4 Å². The lowest BCUT2D eigenvalue weighted by Crippen LogP contribution is -2.35. The Labute approximate surface area is 155 Å². The molecule has 2 aromatic carbocycles. The average molecular weight is 381 g/mol. The fourth-order valence-electron chi connectivity index (χ4n) is 2.42. The van der Waals surface area contributed by atoms with Gasteiger partial charge in [0.05, 0.1) is 11.0 Å². The molecule has 0 aliphatic heterocycles. The van der Waals surface area contributed by atoms with Gasteiger partial charge in [-0.3, -0.25) is 14.9 Å². The quantitative estimate of drug-likeness (QED) is 0.574. The number of rotatable bonds is 7. The lowest BCUT2D eigenvalue weighted by molar-refractivity contribution is -0.385. The number of nitro groups is 1. The minimum atomic E-state index is -0.630. The van der Waals surface area contributed by atoms with Gasteiger partial charge < -0.3 is 10.1 Å². The molecule has 0 aliphatic carbocycles. The molecule has 8 heteroatoms. The van der Waals surface area contributed by atoms with Gasteiger partial charge in [0.2, 0.25) is 0 Å². The van der Waals surface area contributed by atoms with E-state index in [0.29, 0.717) is 0 Å². The summed E-state index contributed by atoms with van der Waals surface area (Å²) in [6.45, 7) is 3.44. The van der Waals surface area contributed by atoms with Gasteiger partial charge in [0.1, 0.15) is 5.82 Å². The van der Waals surface area contributed by atoms with Crippen LogP contribution in [0.2, 0.25) is 5.02 Å². The number of nitro benzene ring substituents is 1. The van der Waals surface area contributed by atoms with Crippen LogP contribution in [0, 0.1) is 21.8 Å². The van der Waals surface area contributed by atoms with Gasteiger partial charge in [-0.1, -0.05) is 37.6 Å². The Balaban J connectivity index is 2.05. The van der Waals surface area contributed by atoms with E-state index in [1.807, 2.05) is 13.8 Å². The van der Waals surface area contributed by atoms with Crippen LogP contribution in [0.15, 0.2) is 42.5 Å². The topological polar surface area (TPSA) is 81.5 Å². The van der Waals surface area contributed by atoms with Crippen LogP contribution in [0.4, 0.5) is 10.1 Å². The highest BCUT2D eigenvalue weighted by molar-refractivity contribution is 6.30. The fraction of sp³-hybridized carbons (Fsp3) is 0.278. The summed E-state index contributed by atoms with van der Waals surface area (Å²) in [5, 5.41) is 14.0. The molecule has 0 saturated carbocycles. The molecule has 1 atom stereocenters. The number of hydrogen-bond acceptors (Lipinski definition) is 4. The van der Waals surface area contributed by atoms with E-state index in [4.69, 9.17) is 16.3 Å². The third-order valence-electron chi connectivity index (χ3n) is 3.69. The normalized spacial score (nSPS) is 11.9. The van der Waals surface area contributed by atoms with Crippen molar-refractivity contribution in [3.8, 4) is 5.75 Å². The molecule has 0 fully saturated rings. The molecule has 26 heavy (non-hydrogen) atoms. The van der Waals surface area contributed by atoms with Crippen molar-refractivity contribution in [2.24, 2.45) is 5.92 Å². The third kappa shape index (κ3) is 5.16. The number of carbonyl (C=O) groups excluding carboxylic acids is 1. The van der Waals surface area contributed by atoms with Crippen molar-refractivity contribution in [1.29, 1.82) is 0 Å². The summed E-state index contributed by atoms with van der Waals surface area (Å²) in [5.41, 5.74) is 0.441. The third-order valence-corrected chi connectivity index (χ3v) is 3.92. The van der Waals surface area contributed by atoms with Gasteiger partial charge in [-0.2, -0.15) is 0 Å². The van der Waals surface area contributed by atoms with E-state index >= 15 is 0 Å².